The van der Waals surface area contributed by atoms with E-state index in [1.54, 1.807) is 18.2 Å². The molecule has 1 heterocycles. The molecule has 0 bridgehead atoms. The summed E-state index contributed by atoms with van der Waals surface area (Å²) in [5.41, 5.74) is 0.0101. The Morgan fingerprint density at radius 3 is 2.64 bits per heavy atom. The lowest BCUT2D eigenvalue weighted by molar-refractivity contribution is -0.123. The number of carbonyl (C=O) groups is 2. The molecule has 7 heteroatoms. The van der Waals surface area contributed by atoms with Crippen molar-refractivity contribution in [2.45, 2.75) is 6.10 Å². The first-order valence-electron chi connectivity index (χ1n) is 7.74. The van der Waals surface area contributed by atoms with Crippen LogP contribution < -0.4 is 19.5 Å². The number of ether oxygens (including phenoxy) is 3. The van der Waals surface area contributed by atoms with E-state index in [2.05, 4.69) is 5.32 Å². The predicted octanol–water partition coefficient (Wildman–Crippen LogP) is 1.72. The SMILES string of the molecule is O=C(COc1ccccc1C(=O)O)NCC1COc2ccccc2O1. The van der Waals surface area contributed by atoms with E-state index in [-0.39, 0.29) is 36.5 Å². The maximum absolute atomic E-state index is 11.9. The highest BCUT2D eigenvalue weighted by Gasteiger charge is 2.21. The molecule has 1 aliphatic rings. The molecule has 0 radical (unpaired) electrons. The van der Waals surface area contributed by atoms with Gasteiger partial charge in [-0.3, -0.25) is 4.79 Å². The van der Waals surface area contributed by atoms with Crippen LogP contribution in [-0.4, -0.2) is 42.8 Å². The van der Waals surface area contributed by atoms with Gasteiger partial charge in [0.05, 0.1) is 6.54 Å². The summed E-state index contributed by atoms with van der Waals surface area (Å²) in [5, 5.41) is 11.8. The largest absolute Gasteiger partial charge is 0.486 e. The molecule has 130 valence electrons. The van der Waals surface area contributed by atoms with Crippen molar-refractivity contribution >= 4 is 11.9 Å². The summed E-state index contributed by atoms with van der Waals surface area (Å²) >= 11 is 0. The molecule has 2 aromatic carbocycles. The van der Waals surface area contributed by atoms with Crippen molar-refractivity contribution in [1.82, 2.24) is 5.32 Å². The van der Waals surface area contributed by atoms with Crippen molar-refractivity contribution in [2.24, 2.45) is 0 Å². The van der Waals surface area contributed by atoms with Crippen LogP contribution in [0.3, 0.4) is 0 Å². The Bertz CT molecular complexity index is 776. The molecule has 2 aromatic rings. The Balaban J connectivity index is 1.47. The molecule has 1 aliphatic heterocycles. The Morgan fingerprint density at radius 2 is 1.84 bits per heavy atom. The van der Waals surface area contributed by atoms with Crippen molar-refractivity contribution in [3.8, 4) is 17.2 Å². The highest BCUT2D eigenvalue weighted by Crippen LogP contribution is 2.30. The van der Waals surface area contributed by atoms with Gasteiger partial charge in [0.1, 0.15) is 24.0 Å². The lowest BCUT2D eigenvalue weighted by Crippen LogP contribution is -2.42. The summed E-state index contributed by atoms with van der Waals surface area (Å²) in [4.78, 5) is 23.0. The van der Waals surface area contributed by atoms with E-state index >= 15 is 0 Å². The summed E-state index contributed by atoms with van der Waals surface area (Å²) in [7, 11) is 0. The summed E-state index contributed by atoms with van der Waals surface area (Å²) in [5.74, 6) is -0.0141. The molecular formula is C18H17NO6. The highest BCUT2D eigenvalue weighted by atomic mass is 16.6. The van der Waals surface area contributed by atoms with Crippen LogP contribution in [0.15, 0.2) is 48.5 Å². The van der Waals surface area contributed by atoms with Crippen molar-refractivity contribution in [1.29, 1.82) is 0 Å². The molecule has 1 atom stereocenters. The van der Waals surface area contributed by atoms with Crippen molar-refractivity contribution < 1.29 is 28.9 Å². The monoisotopic (exact) mass is 343 g/mol. The Morgan fingerprint density at radius 1 is 1.12 bits per heavy atom. The number of carboxylic acids is 1. The van der Waals surface area contributed by atoms with E-state index in [0.717, 1.165) is 0 Å². The lowest BCUT2D eigenvalue weighted by atomic mass is 10.2. The molecule has 1 unspecified atom stereocenters. The Labute approximate surface area is 144 Å². The fourth-order valence-electron chi connectivity index (χ4n) is 2.35. The second-order valence-corrected chi connectivity index (χ2v) is 5.39. The zero-order chi connectivity index (χ0) is 17.6. The van der Waals surface area contributed by atoms with Gasteiger partial charge in [0.2, 0.25) is 0 Å². The minimum atomic E-state index is -1.11. The number of carbonyl (C=O) groups excluding carboxylic acids is 1. The number of benzene rings is 2. The minimum absolute atomic E-state index is 0.0101. The number of para-hydroxylation sites is 3. The van der Waals surface area contributed by atoms with Crippen LogP contribution in [0.4, 0.5) is 0 Å². The van der Waals surface area contributed by atoms with Crippen molar-refractivity contribution in [3.63, 3.8) is 0 Å². The summed E-state index contributed by atoms with van der Waals surface area (Å²) in [6.07, 6.45) is -0.301. The molecule has 0 spiro atoms. The standard InChI is InChI=1S/C18H17NO6/c20-17(11-24-14-6-2-1-5-13(14)18(21)22)19-9-12-10-23-15-7-3-4-8-16(15)25-12/h1-8,12H,9-11H2,(H,19,20)(H,21,22). The molecule has 0 aromatic heterocycles. The molecule has 2 N–H and O–H groups in total. The van der Waals surface area contributed by atoms with Crippen LogP contribution in [0.2, 0.25) is 0 Å². The fourth-order valence-corrected chi connectivity index (χ4v) is 2.35. The summed E-state index contributed by atoms with van der Waals surface area (Å²) < 4.78 is 16.6. The van der Waals surface area contributed by atoms with E-state index < -0.39 is 5.97 Å². The van der Waals surface area contributed by atoms with Gasteiger partial charge in [-0.1, -0.05) is 24.3 Å². The molecular weight excluding hydrogens is 326 g/mol. The summed E-state index contributed by atoms with van der Waals surface area (Å²) in [6.45, 7) is 0.311. The van der Waals surface area contributed by atoms with E-state index in [9.17, 15) is 9.59 Å². The first-order chi connectivity index (χ1) is 12.1. The van der Waals surface area contributed by atoms with Gasteiger partial charge >= 0.3 is 5.97 Å². The Kier molecular flexibility index (Phi) is 5.03. The predicted molar refractivity (Wildman–Crippen MR) is 88.3 cm³/mol. The maximum Gasteiger partial charge on any atom is 0.339 e. The number of amides is 1. The first kappa shape index (κ1) is 16.6. The van der Waals surface area contributed by atoms with Gasteiger partial charge in [0, 0.05) is 0 Å². The number of nitrogens with one attached hydrogen (secondary N) is 1. The van der Waals surface area contributed by atoms with E-state index in [0.29, 0.717) is 18.1 Å². The van der Waals surface area contributed by atoms with Crippen LogP contribution in [0.25, 0.3) is 0 Å². The van der Waals surface area contributed by atoms with Crippen LogP contribution in [0.1, 0.15) is 10.4 Å². The van der Waals surface area contributed by atoms with Gasteiger partial charge in [-0.15, -0.1) is 0 Å². The van der Waals surface area contributed by atoms with Crippen LogP contribution in [0, 0.1) is 0 Å². The van der Waals surface area contributed by atoms with Gasteiger partial charge < -0.3 is 24.6 Å². The van der Waals surface area contributed by atoms with Gasteiger partial charge in [0.25, 0.3) is 5.91 Å². The average Bonchev–Trinajstić information content (AvgIpc) is 2.64. The van der Waals surface area contributed by atoms with Gasteiger partial charge in [0.15, 0.2) is 18.1 Å². The van der Waals surface area contributed by atoms with E-state index in [1.165, 1.54) is 12.1 Å². The third-order valence-corrected chi connectivity index (χ3v) is 3.57. The molecule has 0 fully saturated rings. The normalized spacial score (nSPS) is 15.3. The fraction of sp³-hybridized carbons (Fsp3) is 0.222. The molecule has 1 amide bonds. The lowest BCUT2D eigenvalue weighted by Gasteiger charge is -2.26. The van der Waals surface area contributed by atoms with Crippen molar-refractivity contribution in [2.75, 3.05) is 19.8 Å². The maximum atomic E-state index is 11.9. The zero-order valence-electron chi connectivity index (χ0n) is 13.3. The Hall–Kier alpha value is -3.22. The number of hydrogen-bond donors (Lipinski definition) is 2. The molecule has 0 aliphatic carbocycles. The third kappa shape index (κ3) is 4.20. The third-order valence-electron chi connectivity index (χ3n) is 3.57. The van der Waals surface area contributed by atoms with Crippen LogP contribution in [0.5, 0.6) is 17.2 Å². The minimum Gasteiger partial charge on any atom is -0.486 e. The second kappa shape index (κ2) is 7.57. The van der Waals surface area contributed by atoms with E-state index in [1.807, 2.05) is 18.2 Å². The number of fused-ring (bicyclic) bond motifs is 1. The number of hydrogen-bond acceptors (Lipinski definition) is 5. The zero-order valence-corrected chi connectivity index (χ0v) is 13.3. The number of rotatable bonds is 6. The average molecular weight is 343 g/mol. The van der Waals surface area contributed by atoms with Gasteiger partial charge in [-0.25, -0.2) is 4.79 Å². The highest BCUT2D eigenvalue weighted by molar-refractivity contribution is 5.91. The topological polar surface area (TPSA) is 94.1 Å². The number of carboxylic acid groups (broad SMARTS) is 1. The second-order valence-electron chi connectivity index (χ2n) is 5.39. The smallest absolute Gasteiger partial charge is 0.339 e. The van der Waals surface area contributed by atoms with E-state index in [4.69, 9.17) is 19.3 Å². The summed E-state index contributed by atoms with van der Waals surface area (Å²) in [6, 6.07) is 13.5. The van der Waals surface area contributed by atoms with Crippen molar-refractivity contribution in [3.05, 3.63) is 54.1 Å². The first-order valence-corrected chi connectivity index (χ1v) is 7.74. The van der Waals surface area contributed by atoms with Crippen LogP contribution >= 0.6 is 0 Å². The molecule has 3 rings (SSSR count). The quantitative estimate of drug-likeness (QED) is 0.829. The molecule has 7 nitrogen and oxygen atoms in total. The number of aromatic carboxylic acids is 1. The van der Waals surface area contributed by atoms with Crippen LogP contribution in [-0.2, 0) is 4.79 Å². The van der Waals surface area contributed by atoms with Gasteiger partial charge in [-0.05, 0) is 24.3 Å². The molecule has 0 saturated carbocycles. The van der Waals surface area contributed by atoms with Gasteiger partial charge in [-0.2, -0.15) is 0 Å². The molecule has 0 saturated heterocycles. The molecule has 25 heavy (non-hydrogen) atoms.